The Kier molecular flexibility index (Phi) is 5.97. The summed E-state index contributed by atoms with van der Waals surface area (Å²) in [4.78, 5) is -0.287. The number of phenolic OH excluding ortho intramolecular Hbond substituents is 1. The summed E-state index contributed by atoms with van der Waals surface area (Å²) in [5.41, 5.74) is -0.594. The summed E-state index contributed by atoms with van der Waals surface area (Å²) >= 11 is 19.9. The lowest BCUT2D eigenvalue weighted by molar-refractivity contribution is 0.446. The van der Waals surface area contributed by atoms with Crippen molar-refractivity contribution >= 4 is 61.8 Å². The Balaban J connectivity index is 1.93. The molecule has 146 valence electrons. The van der Waals surface area contributed by atoms with Crippen LogP contribution in [0, 0.1) is 0 Å². The molecule has 0 aromatic heterocycles. The smallest absolute Gasteiger partial charge is 0.244 e. The molecule has 5 nitrogen and oxygen atoms in total. The van der Waals surface area contributed by atoms with Crippen LogP contribution in [0.2, 0.25) is 10.0 Å². The molecule has 1 atom stereocenters. The van der Waals surface area contributed by atoms with E-state index in [9.17, 15) is 13.5 Å². The first-order chi connectivity index (χ1) is 12.5. The predicted octanol–water partition coefficient (Wildman–Crippen LogP) is 5.38. The van der Waals surface area contributed by atoms with Crippen molar-refractivity contribution in [2.75, 3.05) is 0 Å². The van der Waals surface area contributed by atoms with Crippen LogP contribution in [0.25, 0.3) is 0 Å². The van der Waals surface area contributed by atoms with Crippen molar-refractivity contribution in [2.24, 2.45) is 0 Å². The number of phenols is 1. The summed E-state index contributed by atoms with van der Waals surface area (Å²) in [7, 11) is -3.98. The third-order valence-electron chi connectivity index (χ3n) is 4.33. The fraction of sp³-hybridized carbons (Fsp3) is 0.294. The third kappa shape index (κ3) is 4.52. The number of nitrogens with one attached hydrogen (secondary N) is 1. The van der Waals surface area contributed by atoms with Crippen molar-refractivity contribution in [3.63, 3.8) is 0 Å². The minimum atomic E-state index is -3.98. The Hall–Kier alpha value is -0.640. The molecule has 10 heteroatoms. The Bertz CT molecular complexity index is 971. The monoisotopic (exact) mass is 511 g/mol. The summed E-state index contributed by atoms with van der Waals surface area (Å²) in [5, 5.41) is 10.4. The summed E-state index contributed by atoms with van der Waals surface area (Å²) in [6.45, 7) is 1.83. The fourth-order valence-electron chi connectivity index (χ4n) is 2.58. The Morgan fingerprint density at radius 2 is 1.85 bits per heavy atom. The number of hydrogen-bond donors (Lipinski definition) is 3. The van der Waals surface area contributed by atoms with E-state index in [0.717, 1.165) is 0 Å². The predicted molar refractivity (Wildman–Crippen MR) is 113 cm³/mol. The first kappa shape index (κ1) is 21.1. The van der Waals surface area contributed by atoms with E-state index in [1.807, 2.05) is 6.92 Å². The fourth-order valence-corrected chi connectivity index (χ4v) is 5.92. The van der Waals surface area contributed by atoms with Crippen molar-refractivity contribution in [2.45, 2.75) is 35.4 Å². The maximum atomic E-state index is 12.8. The lowest BCUT2D eigenvalue weighted by Crippen LogP contribution is -2.42. The molecule has 0 saturated heterocycles. The molecule has 1 aliphatic carbocycles. The zero-order valence-corrected chi connectivity index (χ0v) is 18.8. The zero-order chi connectivity index (χ0) is 20.0. The highest BCUT2D eigenvalue weighted by Crippen LogP contribution is 2.44. The van der Waals surface area contributed by atoms with E-state index in [0.29, 0.717) is 17.3 Å². The van der Waals surface area contributed by atoms with Crippen LogP contribution in [-0.4, -0.2) is 24.3 Å². The number of benzene rings is 2. The second-order valence-corrected chi connectivity index (χ2v) is 10.5. The molecule has 27 heavy (non-hydrogen) atoms. The topological polar surface area (TPSA) is 75.6 Å². The molecular formula is C17H16BrCl2NO4S2. The van der Waals surface area contributed by atoms with Gasteiger partial charge in [0.2, 0.25) is 10.0 Å². The van der Waals surface area contributed by atoms with Crippen molar-refractivity contribution in [1.29, 1.82) is 0 Å². The van der Waals surface area contributed by atoms with Gasteiger partial charge in [0.25, 0.3) is 0 Å². The summed E-state index contributed by atoms with van der Waals surface area (Å²) in [6.07, 6.45) is 1.38. The van der Waals surface area contributed by atoms with E-state index in [1.54, 1.807) is 12.1 Å². The molecule has 0 heterocycles. The van der Waals surface area contributed by atoms with E-state index in [1.165, 1.54) is 18.2 Å². The minimum Gasteiger partial charge on any atom is -0.507 e. The molecule has 0 aliphatic heterocycles. The van der Waals surface area contributed by atoms with Crippen LogP contribution in [0.5, 0.6) is 17.2 Å². The Morgan fingerprint density at radius 1 is 1.26 bits per heavy atom. The van der Waals surface area contributed by atoms with E-state index in [-0.39, 0.29) is 37.4 Å². The zero-order valence-electron chi connectivity index (χ0n) is 14.0. The molecule has 3 rings (SSSR count). The highest BCUT2D eigenvalue weighted by atomic mass is 79.9. The molecule has 1 saturated carbocycles. The number of ether oxygens (including phenoxy) is 1. The number of rotatable bonds is 6. The normalized spacial score (nSPS) is 16.8. The Morgan fingerprint density at radius 3 is 2.37 bits per heavy atom. The van der Waals surface area contributed by atoms with Gasteiger partial charge < -0.3 is 9.84 Å². The number of thiol groups is 1. The summed E-state index contributed by atoms with van der Waals surface area (Å²) in [5.74, 6) is -0.0280. The minimum absolute atomic E-state index is 0.158. The van der Waals surface area contributed by atoms with Gasteiger partial charge in [-0.1, -0.05) is 46.1 Å². The van der Waals surface area contributed by atoms with Crippen LogP contribution < -0.4 is 9.46 Å². The van der Waals surface area contributed by atoms with Crippen molar-refractivity contribution in [1.82, 2.24) is 4.72 Å². The molecule has 2 aromatic carbocycles. The van der Waals surface area contributed by atoms with Crippen LogP contribution in [0.3, 0.4) is 0 Å². The SMILES string of the molecule is CC(S)C1(NS(=O)(=O)c2cc(Oc3c(Cl)cc(Br)cc3Cl)ccc2O)CC1. The molecule has 2 N–H and O–H groups in total. The molecular weight excluding hydrogens is 497 g/mol. The quantitative estimate of drug-likeness (QED) is 0.454. The second-order valence-electron chi connectivity index (χ2n) is 6.37. The van der Waals surface area contributed by atoms with Crippen LogP contribution in [-0.2, 0) is 10.0 Å². The van der Waals surface area contributed by atoms with Crippen LogP contribution in [0.4, 0.5) is 0 Å². The highest BCUT2D eigenvalue weighted by molar-refractivity contribution is 9.10. The van der Waals surface area contributed by atoms with Crippen LogP contribution in [0.15, 0.2) is 39.7 Å². The first-order valence-corrected chi connectivity index (χ1v) is 11.5. The second kappa shape index (κ2) is 7.65. The third-order valence-corrected chi connectivity index (χ3v) is 7.42. The number of aromatic hydroxyl groups is 1. The molecule has 0 radical (unpaired) electrons. The van der Waals surface area contributed by atoms with Gasteiger partial charge in [0, 0.05) is 21.3 Å². The first-order valence-electron chi connectivity index (χ1n) is 7.91. The lowest BCUT2D eigenvalue weighted by Gasteiger charge is -2.21. The molecule has 1 fully saturated rings. The average molecular weight is 513 g/mol. The number of hydrogen-bond acceptors (Lipinski definition) is 5. The molecule has 0 bridgehead atoms. The lowest BCUT2D eigenvalue weighted by atomic mass is 10.2. The van der Waals surface area contributed by atoms with Gasteiger partial charge in [0.05, 0.1) is 10.0 Å². The van der Waals surface area contributed by atoms with Gasteiger partial charge in [-0.05, 0) is 37.1 Å². The van der Waals surface area contributed by atoms with Gasteiger partial charge in [-0.15, -0.1) is 0 Å². The molecule has 0 amide bonds. The van der Waals surface area contributed by atoms with Gasteiger partial charge in [-0.3, -0.25) is 0 Å². The number of sulfonamides is 1. The molecule has 0 spiro atoms. The van der Waals surface area contributed by atoms with Gasteiger partial charge in [0.1, 0.15) is 16.4 Å². The van der Waals surface area contributed by atoms with Gasteiger partial charge in [-0.2, -0.15) is 12.6 Å². The highest BCUT2D eigenvalue weighted by Gasteiger charge is 2.49. The van der Waals surface area contributed by atoms with Crippen molar-refractivity contribution in [3.05, 3.63) is 44.8 Å². The van der Waals surface area contributed by atoms with Crippen molar-refractivity contribution in [3.8, 4) is 17.2 Å². The van der Waals surface area contributed by atoms with Gasteiger partial charge in [0.15, 0.2) is 5.75 Å². The van der Waals surface area contributed by atoms with E-state index >= 15 is 0 Å². The van der Waals surface area contributed by atoms with E-state index in [4.69, 9.17) is 27.9 Å². The van der Waals surface area contributed by atoms with Crippen LogP contribution >= 0.6 is 51.8 Å². The molecule has 1 aliphatic rings. The Labute approximate surface area is 181 Å². The standard InChI is InChI=1S/C17H16BrCl2NO4S2/c1-9(26)17(4-5-17)21-27(23,24)15-8-11(2-3-14(15)22)25-16-12(19)6-10(18)7-13(16)20/h2-3,6-9,21-22,26H,4-5H2,1H3. The summed E-state index contributed by atoms with van der Waals surface area (Å²) < 4.78 is 34.6. The average Bonchev–Trinajstić information content (AvgIpc) is 3.32. The maximum absolute atomic E-state index is 12.8. The maximum Gasteiger partial charge on any atom is 0.244 e. The van der Waals surface area contributed by atoms with E-state index in [2.05, 4.69) is 33.3 Å². The van der Waals surface area contributed by atoms with E-state index < -0.39 is 15.6 Å². The van der Waals surface area contributed by atoms with Gasteiger partial charge in [-0.25, -0.2) is 13.1 Å². The van der Waals surface area contributed by atoms with Gasteiger partial charge >= 0.3 is 0 Å². The van der Waals surface area contributed by atoms with Crippen LogP contribution in [0.1, 0.15) is 19.8 Å². The summed E-state index contributed by atoms with van der Waals surface area (Å²) in [6, 6.07) is 7.11. The number of halogens is 3. The van der Waals surface area contributed by atoms with Crippen molar-refractivity contribution < 1.29 is 18.3 Å². The largest absolute Gasteiger partial charge is 0.507 e. The molecule has 2 aromatic rings. The molecule has 1 unspecified atom stereocenters.